The smallest absolute Gasteiger partial charge is 0.257 e. The van der Waals surface area contributed by atoms with E-state index in [2.05, 4.69) is 4.18 Å². The second-order valence-electron chi connectivity index (χ2n) is 2.42. The zero-order valence-electron chi connectivity index (χ0n) is 6.94. The summed E-state index contributed by atoms with van der Waals surface area (Å²) in [5.74, 6) is -0.685. The van der Waals surface area contributed by atoms with Gasteiger partial charge >= 0.3 is 0 Å². The Labute approximate surface area is 81.7 Å². The highest BCUT2D eigenvalue weighted by Gasteiger charge is 2.02. The third-order valence-electron chi connectivity index (χ3n) is 1.49. The Morgan fingerprint density at radius 2 is 2.21 bits per heavy atom. The minimum atomic E-state index is -2.93. The molecular weight excluding hydrogens is 209 g/mol. The van der Waals surface area contributed by atoms with Crippen LogP contribution in [0.25, 0.3) is 0 Å². The number of nitriles is 1. The number of rotatable bonds is 3. The van der Waals surface area contributed by atoms with Crippen LogP contribution in [-0.2, 0) is 21.8 Å². The molecule has 0 radical (unpaired) electrons. The summed E-state index contributed by atoms with van der Waals surface area (Å²) in [5, 5.41) is 8.41. The van der Waals surface area contributed by atoms with Gasteiger partial charge in [0.25, 0.3) is 11.0 Å². The van der Waals surface area contributed by atoms with Gasteiger partial charge in [0.2, 0.25) is 0 Å². The first-order valence-electron chi connectivity index (χ1n) is 3.59. The molecule has 0 aliphatic rings. The van der Waals surface area contributed by atoms with Crippen molar-refractivity contribution in [3.8, 4) is 6.07 Å². The van der Waals surface area contributed by atoms with E-state index in [1.54, 1.807) is 6.07 Å². The molecule has 0 saturated carbocycles. The van der Waals surface area contributed by atoms with Gasteiger partial charge in [0.1, 0.15) is 11.9 Å². The van der Waals surface area contributed by atoms with E-state index >= 15 is 0 Å². The molecule has 0 amide bonds. The molecule has 1 aromatic rings. The first kappa shape index (κ1) is 10.6. The fourth-order valence-corrected chi connectivity index (χ4v) is 1.12. The van der Waals surface area contributed by atoms with Crippen molar-refractivity contribution < 1.29 is 17.0 Å². The SMILES string of the molecule is N#Cc1ccc(CO[SH](=O)=O)cc1F. The van der Waals surface area contributed by atoms with E-state index in [0.29, 0.717) is 5.56 Å². The van der Waals surface area contributed by atoms with Crippen LogP contribution in [0.2, 0.25) is 0 Å². The maximum Gasteiger partial charge on any atom is 0.257 e. The second kappa shape index (κ2) is 4.69. The van der Waals surface area contributed by atoms with E-state index < -0.39 is 16.8 Å². The lowest BCUT2D eigenvalue weighted by Crippen LogP contribution is -1.93. The van der Waals surface area contributed by atoms with Crippen molar-refractivity contribution in [1.29, 1.82) is 5.26 Å². The lowest BCUT2D eigenvalue weighted by Gasteiger charge is -1.99. The molecule has 0 aromatic heterocycles. The van der Waals surface area contributed by atoms with Crippen LogP contribution in [-0.4, -0.2) is 8.42 Å². The summed E-state index contributed by atoms with van der Waals surface area (Å²) >= 11 is 0. The van der Waals surface area contributed by atoms with Gasteiger partial charge in [0.15, 0.2) is 0 Å². The summed E-state index contributed by atoms with van der Waals surface area (Å²) in [7, 11) is -2.93. The van der Waals surface area contributed by atoms with Crippen molar-refractivity contribution in [2.75, 3.05) is 0 Å². The second-order valence-corrected chi connectivity index (χ2v) is 3.13. The van der Waals surface area contributed by atoms with Gasteiger partial charge in [0.05, 0.1) is 12.2 Å². The molecular formula is C8H6FNO3S. The molecule has 6 heteroatoms. The molecule has 1 rings (SSSR count). The largest absolute Gasteiger partial charge is 0.267 e. The zero-order valence-corrected chi connectivity index (χ0v) is 7.83. The maximum absolute atomic E-state index is 12.9. The van der Waals surface area contributed by atoms with Crippen LogP contribution in [0.5, 0.6) is 0 Å². The van der Waals surface area contributed by atoms with E-state index in [4.69, 9.17) is 5.26 Å². The first-order valence-corrected chi connectivity index (χ1v) is 4.69. The van der Waals surface area contributed by atoms with Crippen LogP contribution >= 0.6 is 0 Å². The third kappa shape index (κ3) is 2.80. The molecule has 4 nitrogen and oxygen atoms in total. The Balaban J connectivity index is 2.82. The highest BCUT2D eigenvalue weighted by atomic mass is 32.2. The van der Waals surface area contributed by atoms with Crippen molar-refractivity contribution in [1.82, 2.24) is 0 Å². The van der Waals surface area contributed by atoms with Crippen LogP contribution in [0, 0.1) is 17.1 Å². The number of hydrogen-bond acceptors (Lipinski definition) is 4. The van der Waals surface area contributed by atoms with Crippen molar-refractivity contribution in [2.45, 2.75) is 6.61 Å². The Hall–Kier alpha value is -1.45. The summed E-state index contributed by atoms with van der Waals surface area (Å²) < 4.78 is 37.3. The summed E-state index contributed by atoms with van der Waals surface area (Å²) in [6, 6.07) is 5.42. The minimum Gasteiger partial charge on any atom is -0.267 e. The molecule has 0 aliphatic carbocycles. The Morgan fingerprint density at radius 3 is 2.71 bits per heavy atom. The lowest BCUT2D eigenvalue weighted by atomic mass is 10.1. The molecule has 14 heavy (non-hydrogen) atoms. The van der Waals surface area contributed by atoms with Gasteiger partial charge in [-0.25, -0.2) is 12.8 Å². The summed E-state index contributed by atoms with van der Waals surface area (Å²) in [6.45, 7) is -0.221. The number of benzene rings is 1. The Bertz CT molecular complexity index is 442. The topological polar surface area (TPSA) is 67.2 Å². The molecule has 74 valence electrons. The van der Waals surface area contributed by atoms with Gasteiger partial charge in [0, 0.05) is 0 Å². The molecule has 0 aliphatic heterocycles. The fourth-order valence-electron chi connectivity index (χ4n) is 0.866. The fraction of sp³-hybridized carbons (Fsp3) is 0.125. The molecule has 0 heterocycles. The molecule has 0 fully saturated rings. The van der Waals surface area contributed by atoms with Gasteiger partial charge < -0.3 is 0 Å². The highest BCUT2D eigenvalue weighted by molar-refractivity contribution is 7.67. The van der Waals surface area contributed by atoms with Gasteiger partial charge in [-0.05, 0) is 17.7 Å². The molecule has 1 aromatic carbocycles. The van der Waals surface area contributed by atoms with Crippen LogP contribution in [0.3, 0.4) is 0 Å². The molecule has 0 saturated heterocycles. The zero-order chi connectivity index (χ0) is 10.6. The molecule has 0 unspecified atom stereocenters. The average molecular weight is 215 g/mol. The predicted octanol–water partition coefficient (Wildman–Crippen LogP) is 0.740. The minimum absolute atomic E-state index is 0.0831. The standard InChI is InChI=1S/C8H6FNO3S/c9-8-3-6(5-13-14(11)12)1-2-7(8)4-10/h1-3,14H,5H2. The normalized spacial score (nSPS) is 10.1. The van der Waals surface area contributed by atoms with Gasteiger partial charge in [-0.3, -0.25) is 4.18 Å². The first-order chi connectivity index (χ1) is 6.63. The van der Waals surface area contributed by atoms with Gasteiger partial charge in [-0.2, -0.15) is 5.26 Å². The van der Waals surface area contributed by atoms with E-state index in [0.717, 1.165) is 6.07 Å². The van der Waals surface area contributed by atoms with E-state index in [1.807, 2.05) is 0 Å². The lowest BCUT2D eigenvalue weighted by molar-refractivity contribution is 0.322. The van der Waals surface area contributed by atoms with Crippen LogP contribution < -0.4 is 0 Å². The Kier molecular flexibility index (Phi) is 3.56. The number of halogens is 1. The van der Waals surface area contributed by atoms with Crippen LogP contribution in [0.1, 0.15) is 11.1 Å². The Morgan fingerprint density at radius 1 is 1.50 bits per heavy atom. The molecule has 0 spiro atoms. The van der Waals surface area contributed by atoms with Gasteiger partial charge in [-0.15, -0.1) is 0 Å². The number of nitrogens with zero attached hydrogens (tertiary/aromatic N) is 1. The maximum atomic E-state index is 12.9. The van der Waals surface area contributed by atoms with E-state index in [9.17, 15) is 12.8 Å². The van der Waals surface area contributed by atoms with Crippen molar-refractivity contribution in [3.63, 3.8) is 0 Å². The number of hydrogen-bond donors (Lipinski definition) is 1. The average Bonchev–Trinajstić information content (AvgIpc) is 2.15. The summed E-state index contributed by atoms with van der Waals surface area (Å²) in [5.41, 5.74) is 0.279. The van der Waals surface area contributed by atoms with E-state index in [1.165, 1.54) is 12.1 Å². The number of thiol groups is 1. The van der Waals surface area contributed by atoms with Gasteiger partial charge in [-0.1, -0.05) is 6.07 Å². The van der Waals surface area contributed by atoms with Crippen LogP contribution in [0.15, 0.2) is 18.2 Å². The molecule has 0 atom stereocenters. The monoisotopic (exact) mass is 215 g/mol. The molecule has 0 bridgehead atoms. The molecule has 0 N–H and O–H groups in total. The van der Waals surface area contributed by atoms with Crippen molar-refractivity contribution >= 4 is 11.0 Å². The summed E-state index contributed by atoms with van der Waals surface area (Å²) in [4.78, 5) is 0. The van der Waals surface area contributed by atoms with E-state index in [-0.39, 0.29) is 12.2 Å². The van der Waals surface area contributed by atoms with Crippen molar-refractivity contribution in [3.05, 3.63) is 35.1 Å². The van der Waals surface area contributed by atoms with Crippen LogP contribution in [0.4, 0.5) is 4.39 Å². The van der Waals surface area contributed by atoms with Crippen molar-refractivity contribution in [2.24, 2.45) is 0 Å². The predicted molar refractivity (Wildman–Crippen MR) is 46.2 cm³/mol. The summed E-state index contributed by atoms with van der Waals surface area (Å²) in [6.07, 6.45) is 0. The third-order valence-corrected chi connectivity index (χ3v) is 1.83. The highest BCUT2D eigenvalue weighted by Crippen LogP contribution is 2.10. The quantitative estimate of drug-likeness (QED) is 0.755.